The molecule has 1 fully saturated rings. The van der Waals surface area contributed by atoms with Gasteiger partial charge in [-0.2, -0.15) is 0 Å². The van der Waals surface area contributed by atoms with Gasteiger partial charge in [0.1, 0.15) is 18.0 Å². The zero-order valence-electron chi connectivity index (χ0n) is 29.8. The second-order valence-electron chi connectivity index (χ2n) is 14.9. The molecule has 1 amide bonds. The van der Waals surface area contributed by atoms with E-state index in [1.807, 2.05) is 31.2 Å². The number of alkyl carbamates (subject to hydrolysis) is 1. The van der Waals surface area contributed by atoms with Gasteiger partial charge in [0.2, 0.25) is 0 Å². The van der Waals surface area contributed by atoms with Crippen LogP contribution in [0.2, 0.25) is 5.04 Å². The van der Waals surface area contributed by atoms with Crippen molar-refractivity contribution in [2.45, 2.75) is 97.5 Å². The van der Waals surface area contributed by atoms with Crippen molar-refractivity contribution in [2.75, 3.05) is 6.54 Å². The molecule has 0 spiro atoms. The first-order chi connectivity index (χ1) is 23.2. The number of carbonyl (C=O) groups excluding carboxylic acids is 2. The highest BCUT2D eigenvalue weighted by molar-refractivity contribution is 6.99. The second kappa shape index (κ2) is 14.8. The molecule has 6 nitrogen and oxygen atoms in total. The Morgan fingerprint density at radius 3 is 2.20 bits per heavy atom. The van der Waals surface area contributed by atoms with E-state index in [1.165, 1.54) is 6.07 Å². The van der Waals surface area contributed by atoms with Crippen LogP contribution in [0, 0.1) is 18.2 Å². The van der Waals surface area contributed by atoms with Crippen molar-refractivity contribution >= 4 is 36.3 Å². The number of halogens is 1. The van der Waals surface area contributed by atoms with Crippen molar-refractivity contribution in [1.82, 2.24) is 5.32 Å². The molecule has 3 aromatic carbocycles. The Labute approximate surface area is 291 Å². The third-order valence-corrected chi connectivity index (χ3v) is 14.8. The Bertz CT molecular complexity index is 1660. The van der Waals surface area contributed by atoms with Gasteiger partial charge in [0.15, 0.2) is 0 Å². The maximum atomic E-state index is 14.4. The lowest BCUT2D eigenvalue weighted by molar-refractivity contribution is -0.155. The minimum atomic E-state index is -2.89. The lowest BCUT2D eigenvalue weighted by Gasteiger charge is -2.46. The van der Waals surface area contributed by atoms with Crippen molar-refractivity contribution in [1.29, 1.82) is 0 Å². The predicted molar refractivity (Wildman–Crippen MR) is 196 cm³/mol. The topological polar surface area (TPSA) is 73.9 Å². The van der Waals surface area contributed by atoms with Gasteiger partial charge in [0.05, 0.1) is 12.5 Å². The summed E-state index contributed by atoms with van der Waals surface area (Å²) in [5.41, 5.74) is 3.05. The maximum absolute atomic E-state index is 14.4. The highest BCUT2D eigenvalue weighted by atomic mass is 28.4. The number of aryl methyl sites for hydroxylation is 1. The zero-order valence-corrected chi connectivity index (χ0v) is 30.8. The first-order valence-corrected chi connectivity index (χ1v) is 19.3. The van der Waals surface area contributed by atoms with E-state index >= 15 is 0 Å². The molecule has 3 atom stereocenters. The largest absolute Gasteiger partial charge is 0.458 e. The van der Waals surface area contributed by atoms with Gasteiger partial charge >= 0.3 is 12.1 Å². The third-order valence-electron chi connectivity index (χ3n) is 9.74. The number of benzene rings is 3. The van der Waals surface area contributed by atoms with E-state index in [1.54, 1.807) is 13.0 Å². The predicted octanol–water partition coefficient (Wildman–Crippen LogP) is 8.03. The number of nitrogens with one attached hydrogen (secondary N) is 1. The lowest BCUT2D eigenvalue weighted by atomic mass is 9.69. The molecule has 5 rings (SSSR count). The number of hydrogen-bond acceptors (Lipinski definition) is 5. The molecule has 2 aliphatic rings. The number of ether oxygens (including phenoxy) is 2. The molecule has 0 unspecified atom stereocenters. The maximum Gasteiger partial charge on any atom is 0.407 e. The van der Waals surface area contributed by atoms with E-state index in [9.17, 15) is 14.0 Å². The summed E-state index contributed by atoms with van der Waals surface area (Å²) in [7, 11) is -2.89. The minimum absolute atomic E-state index is 0.183. The van der Waals surface area contributed by atoms with Crippen molar-refractivity contribution in [3.63, 3.8) is 0 Å². The highest BCUT2D eigenvalue weighted by Crippen LogP contribution is 2.46. The fourth-order valence-corrected chi connectivity index (χ4v) is 12.2. The first-order valence-electron chi connectivity index (χ1n) is 17.3. The van der Waals surface area contributed by atoms with Gasteiger partial charge in [-0.3, -0.25) is 4.79 Å². The summed E-state index contributed by atoms with van der Waals surface area (Å²) < 4.78 is 33.4. The van der Waals surface area contributed by atoms with Crippen molar-refractivity contribution in [2.24, 2.45) is 5.41 Å². The minimum Gasteiger partial charge on any atom is -0.458 e. The zero-order chi connectivity index (χ0) is 35.4. The van der Waals surface area contributed by atoms with Gasteiger partial charge in [0, 0.05) is 19.4 Å². The van der Waals surface area contributed by atoms with E-state index in [4.69, 9.17) is 13.9 Å². The van der Waals surface area contributed by atoms with Crippen LogP contribution in [0.25, 0.3) is 5.57 Å². The summed E-state index contributed by atoms with van der Waals surface area (Å²) in [5.74, 6) is -0.557. The van der Waals surface area contributed by atoms with Crippen LogP contribution in [0.3, 0.4) is 0 Å². The van der Waals surface area contributed by atoms with Crippen LogP contribution in [0.5, 0.6) is 0 Å². The quantitative estimate of drug-likeness (QED) is 0.183. The van der Waals surface area contributed by atoms with E-state index in [0.717, 1.165) is 27.1 Å². The monoisotopic (exact) mass is 683 g/mol. The average molecular weight is 684 g/mol. The summed E-state index contributed by atoms with van der Waals surface area (Å²) in [6.07, 6.45) is 4.19. The summed E-state index contributed by atoms with van der Waals surface area (Å²) in [6, 6.07) is 26.0. The van der Waals surface area contributed by atoms with Crippen molar-refractivity contribution < 1.29 is 27.9 Å². The van der Waals surface area contributed by atoms with E-state index in [0.29, 0.717) is 31.4 Å². The lowest BCUT2D eigenvalue weighted by Crippen LogP contribution is -2.68. The van der Waals surface area contributed by atoms with Crippen LogP contribution in [0.4, 0.5) is 9.18 Å². The number of hydrogen-bond donors (Lipinski definition) is 1. The van der Waals surface area contributed by atoms with Gasteiger partial charge in [-0.05, 0) is 81.6 Å². The molecular formula is C41H50FNO5Si. The Morgan fingerprint density at radius 1 is 1.00 bits per heavy atom. The van der Waals surface area contributed by atoms with Crippen LogP contribution in [0.1, 0.15) is 78.4 Å². The molecule has 0 bridgehead atoms. The molecule has 0 radical (unpaired) electrons. The van der Waals surface area contributed by atoms with Crippen LogP contribution < -0.4 is 15.7 Å². The van der Waals surface area contributed by atoms with Crippen LogP contribution in [-0.2, 0) is 18.7 Å². The number of rotatable bonds is 9. The normalized spacial score (nSPS) is 21.4. The van der Waals surface area contributed by atoms with Gasteiger partial charge in [0.25, 0.3) is 8.32 Å². The van der Waals surface area contributed by atoms with Crippen LogP contribution in [0.15, 0.2) is 96.6 Å². The van der Waals surface area contributed by atoms with Crippen molar-refractivity contribution in [3.05, 3.63) is 114 Å². The molecule has 49 heavy (non-hydrogen) atoms. The number of allylic oxidation sites excluding steroid dienone is 2. The molecule has 0 aromatic heterocycles. The van der Waals surface area contributed by atoms with Crippen LogP contribution >= 0.6 is 0 Å². The van der Waals surface area contributed by atoms with Gasteiger partial charge in [-0.1, -0.05) is 107 Å². The van der Waals surface area contributed by atoms with Crippen molar-refractivity contribution in [3.8, 4) is 0 Å². The Balaban J connectivity index is 1.50. The first kappa shape index (κ1) is 36.3. The van der Waals surface area contributed by atoms with Gasteiger partial charge in [-0.25, -0.2) is 9.18 Å². The Hall–Kier alpha value is -4.01. The third kappa shape index (κ3) is 8.08. The molecule has 1 heterocycles. The number of carbonyl (C=O) groups is 2. The van der Waals surface area contributed by atoms with Crippen LogP contribution in [-0.4, -0.2) is 45.2 Å². The van der Waals surface area contributed by atoms with E-state index in [-0.39, 0.29) is 35.5 Å². The molecule has 1 aliphatic heterocycles. The highest BCUT2D eigenvalue weighted by Gasteiger charge is 2.52. The molecule has 1 N–H and O–H groups in total. The summed E-state index contributed by atoms with van der Waals surface area (Å²) in [6.45, 7) is 15.0. The average Bonchev–Trinajstić information content (AvgIpc) is 3.04. The standard InChI is InChI=1S/C41H50FNO5Si/c1-8-43-39(45)47-32-25-35(29-19-22-37(42)28(2)23-29)36(41(6,7)27-32)21-20-30-24-31(26-38(44)46-30)48-49(40(3,4)5,33-15-11-9-12-16-33)34-17-13-10-14-18-34/h9-23,30-32H,8,24-27H2,1-7H3,(H,43,45)/b21-20+/t30-,31-,32+/m1/s1. The smallest absolute Gasteiger partial charge is 0.407 e. The molecule has 8 heteroatoms. The van der Waals surface area contributed by atoms with Gasteiger partial charge < -0.3 is 19.2 Å². The molecule has 1 aliphatic carbocycles. The fraction of sp³-hybridized carbons (Fsp3) is 0.415. The summed E-state index contributed by atoms with van der Waals surface area (Å²) in [5, 5.41) is 4.83. The molecule has 260 valence electrons. The number of esters is 1. The Kier molecular flexibility index (Phi) is 11.0. The van der Waals surface area contributed by atoms with Gasteiger partial charge in [-0.15, -0.1) is 0 Å². The number of amides is 1. The SMILES string of the molecule is CCNC(=O)O[C@H]1CC(c2ccc(F)c(C)c2)=C(/C=C/[C@@H]2C[C@@H](O[Si](c3ccccc3)(c3ccccc3)C(C)(C)C)CC(=O)O2)C(C)(C)C1. The fourth-order valence-electron chi connectivity index (χ4n) is 7.50. The number of cyclic esters (lactones) is 1. The van der Waals surface area contributed by atoms with E-state index < -0.39 is 25.9 Å². The summed E-state index contributed by atoms with van der Waals surface area (Å²) in [4.78, 5) is 25.6. The molecule has 1 saturated heterocycles. The molecule has 3 aromatic rings. The molecule has 0 saturated carbocycles. The molecular weight excluding hydrogens is 634 g/mol. The Morgan fingerprint density at radius 2 is 1.63 bits per heavy atom. The summed E-state index contributed by atoms with van der Waals surface area (Å²) >= 11 is 0. The van der Waals surface area contributed by atoms with E-state index in [2.05, 4.69) is 94.5 Å². The second-order valence-corrected chi connectivity index (χ2v) is 19.2.